The van der Waals surface area contributed by atoms with Gasteiger partial charge in [-0.3, -0.25) is 5.10 Å². The van der Waals surface area contributed by atoms with E-state index in [1.54, 1.807) is 7.11 Å². The van der Waals surface area contributed by atoms with Gasteiger partial charge in [-0.2, -0.15) is 5.10 Å². The fourth-order valence-electron chi connectivity index (χ4n) is 1.33. The van der Waals surface area contributed by atoms with Crippen LogP contribution < -0.4 is 10.0 Å². The maximum absolute atomic E-state index is 12.2. The monoisotopic (exact) mass is 290 g/mol. The van der Waals surface area contributed by atoms with E-state index >= 15 is 0 Å². The van der Waals surface area contributed by atoms with Gasteiger partial charge in [0.25, 0.3) is 10.0 Å². The number of aromatic nitrogens is 2. The first-order chi connectivity index (χ1) is 8.82. The van der Waals surface area contributed by atoms with Gasteiger partial charge in [0.1, 0.15) is 0 Å². The minimum absolute atomic E-state index is 0.0975. The number of sulfonamides is 1. The number of methoxy groups -OCH3 is 1. The molecule has 0 amide bonds. The lowest BCUT2D eigenvalue weighted by atomic mass is 10.1. The highest BCUT2D eigenvalue weighted by molar-refractivity contribution is 7.89. The Morgan fingerprint density at radius 3 is 2.74 bits per heavy atom. The van der Waals surface area contributed by atoms with Crippen LogP contribution >= 0.6 is 0 Å². The number of aromatic amines is 1. The second-order valence-electron chi connectivity index (χ2n) is 4.79. The van der Waals surface area contributed by atoms with E-state index in [0.29, 0.717) is 12.1 Å². The van der Waals surface area contributed by atoms with Gasteiger partial charge >= 0.3 is 0 Å². The Kier molecular flexibility index (Phi) is 5.48. The molecule has 19 heavy (non-hydrogen) atoms. The maximum Gasteiger partial charge on any atom is 0.257 e. The Labute approximate surface area is 114 Å². The zero-order valence-electron chi connectivity index (χ0n) is 11.8. The summed E-state index contributed by atoms with van der Waals surface area (Å²) in [6.45, 7) is 6.97. The van der Waals surface area contributed by atoms with Gasteiger partial charge in [0.05, 0.1) is 11.8 Å². The number of hydrogen-bond acceptors (Lipinski definition) is 5. The molecule has 0 bridgehead atoms. The summed E-state index contributed by atoms with van der Waals surface area (Å²) in [6, 6.07) is 0. The SMILES string of the molecule is CCNCc1cn[nH]c1S(=O)(=O)NCC(C)(C)OC. The third-order valence-corrected chi connectivity index (χ3v) is 4.17. The second kappa shape index (κ2) is 6.47. The molecule has 0 atom stereocenters. The fourth-order valence-corrected chi connectivity index (χ4v) is 2.66. The van der Waals surface area contributed by atoms with Gasteiger partial charge in [0.2, 0.25) is 0 Å². The van der Waals surface area contributed by atoms with E-state index in [9.17, 15) is 8.42 Å². The second-order valence-corrected chi connectivity index (χ2v) is 6.50. The largest absolute Gasteiger partial charge is 0.377 e. The molecule has 0 spiro atoms. The minimum atomic E-state index is -3.61. The van der Waals surface area contributed by atoms with Gasteiger partial charge < -0.3 is 10.1 Å². The third-order valence-electron chi connectivity index (χ3n) is 2.75. The van der Waals surface area contributed by atoms with Crippen molar-refractivity contribution in [2.75, 3.05) is 20.2 Å². The van der Waals surface area contributed by atoms with E-state index in [1.165, 1.54) is 6.20 Å². The molecular weight excluding hydrogens is 268 g/mol. The predicted octanol–water partition coefficient (Wildman–Crippen LogP) is 0.223. The van der Waals surface area contributed by atoms with Crippen molar-refractivity contribution < 1.29 is 13.2 Å². The fraction of sp³-hybridized carbons (Fsp3) is 0.727. The molecule has 1 aromatic heterocycles. The van der Waals surface area contributed by atoms with Crippen LogP contribution in [0, 0.1) is 0 Å². The van der Waals surface area contributed by atoms with Crippen molar-refractivity contribution >= 4 is 10.0 Å². The molecule has 0 aromatic carbocycles. The number of H-pyrrole nitrogens is 1. The van der Waals surface area contributed by atoms with E-state index < -0.39 is 15.6 Å². The minimum Gasteiger partial charge on any atom is -0.377 e. The summed E-state index contributed by atoms with van der Waals surface area (Å²) in [5, 5.41) is 9.49. The number of ether oxygens (including phenoxy) is 1. The molecule has 0 saturated heterocycles. The predicted molar refractivity (Wildman–Crippen MR) is 72.2 cm³/mol. The molecule has 0 fully saturated rings. The standard InChI is InChI=1S/C11H22N4O3S/c1-5-12-6-9-7-13-15-10(9)19(16,17)14-8-11(2,3)18-4/h7,12,14H,5-6,8H2,1-4H3,(H,13,15). The average Bonchev–Trinajstić information content (AvgIpc) is 2.83. The zero-order chi connectivity index (χ0) is 14.5. The van der Waals surface area contributed by atoms with Crippen LogP contribution in [0.5, 0.6) is 0 Å². The summed E-state index contributed by atoms with van der Waals surface area (Å²) in [7, 11) is -2.07. The molecule has 0 aliphatic carbocycles. The number of hydrogen-bond donors (Lipinski definition) is 3. The molecule has 0 saturated carbocycles. The van der Waals surface area contributed by atoms with Crippen LogP contribution in [0.1, 0.15) is 26.3 Å². The van der Waals surface area contributed by atoms with Crippen LogP contribution in [-0.2, 0) is 21.3 Å². The third kappa shape index (κ3) is 4.57. The molecule has 0 unspecified atom stereocenters. The summed E-state index contributed by atoms with van der Waals surface area (Å²) in [5.74, 6) is 0. The molecule has 0 aliphatic heterocycles. The molecule has 0 aliphatic rings. The molecule has 1 rings (SSSR count). The maximum atomic E-state index is 12.2. The van der Waals surface area contributed by atoms with Gasteiger partial charge in [0.15, 0.2) is 5.03 Å². The summed E-state index contributed by atoms with van der Waals surface area (Å²) in [5.41, 5.74) is 0.0548. The van der Waals surface area contributed by atoms with Crippen molar-refractivity contribution in [3.8, 4) is 0 Å². The van der Waals surface area contributed by atoms with Crippen LogP contribution in [0.4, 0.5) is 0 Å². The molecule has 0 radical (unpaired) electrons. The Morgan fingerprint density at radius 1 is 1.47 bits per heavy atom. The van der Waals surface area contributed by atoms with E-state index in [-0.39, 0.29) is 11.6 Å². The summed E-state index contributed by atoms with van der Waals surface area (Å²) < 4.78 is 32.0. The van der Waals surface area contributed by atoms with Crippen molar-refractivity contribution in [3.63, 3.8) is 0 Å². The zero-order valence-corrected chi connectivity index (χ0v) is 12.6. The van der Waals surface area contributed by atoms with Crippen molar-refractivity contribution in [2.24, 2.45) is 0 Å². The van der Waals surface area contributed by atoms with Crippen LogP contribution in [0.15, 0.2) is 11.2 Å². The molecule has 1 aromatic rings. The van der Waals surface area contributed by atoms with E-state index in [2.05, 4.69) is 20.2 Å². The smallest absolute Gasteiger partial charge is 0.257 e. The lowest BCUT2D eigenvalue weighted by Crippen LogP contribution is -2.40. The van der Waals surface area contributed by atoms with Crippen LogP contribution in [0.25, 0.3) is 0 Å². The lowest BCUT2D eigenvalue weighted by molar-refractivity contribution is 0.0276. The van der Waals surface area contributed by atoms with Crippen LogP contribution in [-0.4, -0.2) is 44.4 Å². The van der Waals surface area contributed by atoms with E-state index in [1.807, 2.05) is 20.8 Å². The van der Waals surface area contributed by atoms with Crippen molar-refractivity contribution in [3.05, 3.63) is 11.8 Å². The highest BCUT2D eigenvalue weighted by Crippen LogP contribution is 2.13. The summed E-state index contributed by atoms with van der Waals surface area (Å²) in [6.07, 6.45) is 1.51. The summed E-state index contributed by atoms with van der Waals surface area (Å²) in [4.78, 5) is 0. The van der Waals surface area contributed by atoms with Gasteiger partial charge in [-0.15, -0.1) is 0 Å². The van der Waals surface area contributed by atoms with Gasteiger partial charge in [0, 0.05) is 25.8 Å². The van der Waals surface area contributed by atoms with Gasteiger partial charge in [-0.05, 0) is 20.4 Å². The molecule has 110 valence electrons. The first kappa shape index (κ1) is 16.1. The topological polar surface area (TPSA) is 96.1 Å². The summed E-state index contributed by atoms with van der Waals surface area (Å²) >= 11 is 0. The molecule has 3 N–H and O–H groups in total. The van der Waals surface area contributed by atoms with Crippen molar-refractivity contribution in [2.45, 2.75) is 37.9 Å². The Hall–Kier alpha value is -0.960. The van der Waals surface area contributed by atoms with Crippen LogP contribution in [0.3, 0.4) is 0 Å². The quantitative estimate of drug-likeness (QED) is 0.636. The Morgan fingerprint density at radius 2 is 2.16 bits per heavy atom. The van der Waals surface area contributed by atoms with Crippen molar-refractivity contribution in [1.82, 2.24) is 20.2 Å². The lowest BCUT2D eigenvalue weighted by Gasteiger charge is -2.22. The van der Waals surface area contributed by atoms with E-state index in [4.69, 9.17) is 4.74 Å². The van der Waals surface area contributed by atoms with Gasteiger partial charge in [-0.25, -0.2) is 13.1 Å². The Bertz CT molecular complexity index is 496. The number of rotatable bonds is 8. The number of nitrogens with one attached hydrogen (secondary N) is 3. The normalized spacial score (nSPS) is 12.8. The molecule has 1 heterocycles. The van der Waals surface area contributed by atoms with E-state index in [0.717, 1.165) is 6.54 Å². The Balaban J connectivity index is 2.80. The number of nitrogens with zero attached hydrogens (tertiary/aromatic N) is 1. The molecule has 8 heteroatoms. The molecule has 7 nitrogen and oxygen atoms in total. The highest BCUT2D eigenvalue weighted by Gasteiger charge is 2.24. The highest BCUT2D eigenvalue weighted by atomic mass is 32.2. The van der Waals surface area contributed by atoms with Gasteiger partial charge in [-0.1, -0.05) is 6.92 Å². The first-order valence-electron chi connectivity index (χ1n) is 6.10. The van der Waals surface area contributed by atoms with Crippen LogP contribution in [0.2, 0.25) is 0 Å². The molecular formula is C11H22N4O3S. The van der Waals surface area contributed by atoms with Crippen molar-refractivity contribution in [1.29, 1.82) is 0 Å². The first-order valence-corrected chi connectivity index (χ1v) is 7.58. The average molecular weight is 290 g/mol.